The maximum atomic E-state index is 11.7. The molecule has 0 aliphatic carbocycles. The second kappa shape index (κ2) is 3.10. The van der Waals surface area contributed by atoms with Crippen LogP contribution < -0.4 is 0 Å². The molecule has 0 radical (unpaired) electrons. The molecule has 0 aliphatic rings. The van der Waals surface area contributed by atoms with Crippen LogP contribution in [0.2, 0.25) is 0 Å². The molecular formula is C6H5F2N3. The third kappa shape index (κ3) is 1.74. The van der Waals surface area contributed by atoms with Gasteiger partial charge in [0.25, 0.3) is 6.43 Å². The number of rotatable bonds is 2. The molecule has 1 aromatic rings. The quantitative estimate of drug-likeness (QED) is 0.643. The van der Waals surface area contributed by atoms with Crippen LogP contribution in [0.3, 0.4) is 0 Å². The third-order valence-electron chi connectivity index (χ3n) is 1.14. The van der Waals surface area contributed by atoms with Crippen molar-refractivity contribution in [3.63, 3.8) is 0 Å². The summed E-state index contributed by atoms with van der Waals surface area (Å²) in [4.78, 5) is 0. The smallest absolute Gasteiger partial charge is 0.249 e. The summed E-state index contributed by atoms with van der Waals surface area (Å²) in [6.07, 6.45) is -1.15. The van der Waals surface area contributed by atoms with Gasteiger partial charge in [-0.1, -0.05) is 0 Å². The van der Waals surface area contributed by atoms with Gasteiger partial charge in [0.2, 0.25) is 0 Å². The van der Waals surface area contributed by atoms with Gasteiger partial charge < -0.3 is 0 Å². The van der Waals surface area contributed by atoms with E-state index in [1.165, 1.54) is 12.3 Å². The summed E-state index contributed by atoms with van der Waals surface area (Å²) in [6.45, 7) is -0.518. The van der Waals surface area contributed by atoms with E-state index in [9.17, 15) is 8.78 Å². The summed E-state index contributed by atoms with van der Waals surface area (Å²) in [5.41, 5.74) is 0.158. The Bertz CT molecular complexity index is 274. The van der Waals surface area contributed by atoms with E-state index in [0.717, 1.165) is 4.68 Å². The normalized spacial score (nSPS) is 10.0. The van der Waals surface area contributed by atoms with Crippen molar-refractivity contribution < 1.29 is 8.78 Å². The first kappa shape index (κ1) is 7.66. The Morgan fingerprint density at radius 1 is 1.73 bits per heavy atom. The summed E-state index contributed by atoms with van der Waals surface area (Å²) < 4.78 is 24.5. The highest BCUT2D eigenvalue weighted by Crippen LogP contribution is 2.01. The van der Waals surface area contributed by atoms with E-state index in [4.69, 9.17) is 5.26 Å². The highest BCUT2D eigenvalue weighted by Gasteiger charge is 2.07. The van der Waals surface area contributed by atoms with Crippen molar-refractivity contribution in [2.24, 2.45) is 0 Å². The van der Waals surface area contributed by atoms with Crippen LogP contribution in [0.5, 0.6) is 0 Å². The summed E-state index contributed by atoms with van der Waals surface area (Å²) in [6, 6.07) is 3.14. The number of aromatic nitrogens is 2. The average Bonchev–Trinajstić information content (AvgIpc) is 2.34. The SMILES string of the molecule is N#Cc1ccnn1CC(F)F. The van der Waals surface area contributed by atoms with Crippen molar-refractivity contribution in [1.82, 2.24) is 9.78 Å². The summed E-state index contributed by atoms with van der Waals surface area (Å²) >= 11 is 0. The van der Waals surface area contributed by atoms with Gasteiger partial charge in [-0.2, -0.15) is 10.4 Å². The van der Waals surface area contributed by atoms with E-state index in [0.29, 0.717) is 0 Å². The van der Waals surface area contributed by atoms with E-state index >= 15 is 0 Å². The van der Waals surface area contributed by atoms with Crippen LogP contribution >= 0.6 is 0 Å². The van der Waals surface area contributed by atoms with Gasteiger partial charge in [-0.15, -0.1) is 0 Å². The molecule has 11 heavy (non-hydrogen) atoms. The molecule has 0 spiro atoms. The Morgan fingerprint density at radius 2 is 2.45 bits per heavy atom. The topological polar surface area (TPSA) is 41.6 Å². The Kier molecular flexibility index (Phi) is 2.16. The lowest BCUT2D eigenvalue weighted by Crippen LogP contribution is -2.09. The fourth-order valence-corrected chi connectivity index (χ4v) is 0.704. The zero-order valence-electron chi connectivity index (χ0n) is 5.54. The molecule has 1 aromatic heterocycles. The van der Waals surface area contributed by atoms with Crippen molar-refractivity contribution in [1.29, 1.82) is 5.26 Å². The second-order valence-corrected chi connectivity index (χ2v) is 1.90. The maximum Gasteiger partial charge on any atom is 0.257 e. The summed E-state index contributed by atoms with van der Waals surface area (Å²) in [5.74, 6) is 0. The van der Waals surface area contributed by atoms with Crippen LogP contribution in [0.4, 0.5) is 8.78 Å². The number of halogens is 2. The Hall–Kier alpha value is -1.44. The first-order valence-electron chi connectivity index (χ1n) is 2.94. The van der Waals surface area contributed by atoms with Crippen molar-refractivity contribution in [2.45, 2.75) is 13.0 Å². The van der Waals surface area contributed by atoms with Crippen LogP contribution in [-0.4, -0.2) is 16.2 Å². The van der Waals surface area contributed by atoms with E-state index < -0.39 is 13.0 Å². The first-order valence-corrected chi connectivity index (χ1v) is 2.94. The minimum Gasteiger partial charge on any atom is -0.249 e. The molecular weight excluding hydrogens is 152 g/mol. The number of hydrogen-bond donors (Lipinski definition) is 0. The number of nitriles is 1. The fourth-order valence-electron chi connectivity index (χ4n) is 0.704. The number of nitrogens with zero attached hydrogens (tertiary/aromatic N) is 3. The van der Waals surface area contributed by atoms with Crippen LogP contribution in [0.1, 0.15) is 5.69 Å². The fraction of sp³-hybridized carbons (Fsp3) is 0.333. The molecule has 0 aliphatic heterocycles. The molecule has 58 valence electrons. The van der Waals surface area contributed by atoms with Gasteiger partial charge >= 0.3 is 0 Å². The molecule has 3 nitrogen and oxygen atoms in total. The molecule has 0 unspecified atom stereocenters. The summed E-state index contributed by atoms with van der Waals surface area (Å²) in [7, 11) is 0. The second-order valence-electron chi connectivity index (χ2n) is 1.90. The monoisotopic (exact) mass is 157 g/mol. The number of alkyl halides is 2. The molecule has 1 heterocycles. The van der Waals surface area contributed by atoms with E-state index in [1.54, 1.807) is 6.07 Å². The zero-order chi connectivity index (χ0) is 8.27. The standard InChI is InChI=1S/C6H5F2N3/c7-6(8)4-11-5(3-9)1-2-10-11/h1-2,6H,4H2. The minimum absolute atomic E-state index is 0.158. The highest BCUT2D eigenvalue weighted by molar-refractivity contribution is 5.18. The largest absolute Gasteiger partial charge is 0.257 e. The maximum absolute atomic E-state index is 11.7. The van der Waals surface area contributed by atoms with Gasteiger partial charge in [0.15, 0.2) is 0 Å². The lowest BCUT2D eigenvalue weighted by atomic mass is 10.5. The van der Waals surface area contributed by atoms with Gasteiger partial charge in [0, 0.05) is 0 Å². The van der Waals surface area contributed by atoms with Gasteiger partial charge in [-0.25, -0.2) is 13.5 Å². The molecule has 0 saturated heterocycles. The highest BCUT2D eigenvalue weighted by atomic mass is 19.3. The van der Waals surface area contributed by atoms with Crippen molar-refractivity contribution in [2.75, 3.05) is 0 Å². The predicted octanol–water partition coefficient (Wildman–Crippen LogP) is 1.02. The Morgan fingerprint density at radius 3 is 3.00 bits per heavy atom. The molecule has 1 rings (SSSR count). The van der Waals surface area contributed by atoms with Crippen LogP contribution in [0.15, 0.2) is 12.3 Å². The Labute approximate surface area is 61.9 Å². The van der Waals surface area contributed by atoms with Gasteiger partial charge in [0.05, 0.1) is 6.20 Å². The van der Waals surface area contributed by atoms with Crippen LogP contribution in [-0.2, 0) is 6.54 Å². The van der Waals surface area contributed by atoms with E-state index in [2.05, 4.69) is 5.10 Å². The average molecular weight is 157 g/mol. The van der Waals surface area contributed by atoms with Crippen molar-refractivity contribution in [3.05, 3.63) is 18.0 Å². The van der Waals surface area contributed by atoms with Crippen LogP contribution in [0, 0.1) is 11.3 Å². The van der Waals surface area contributed by atoms with Gasteiger partial charge in [0.1, 0.15) is 18.3 Å². The number of hydrogen-bond acceptors (Lipinski definition) is 2. The molecule has 0 aromatic carbocycles. The molecule has 5 heteroatoms. The van der Waals surface area contributed by atoms with Gasteiger partial charge in [-0.3, -0.25) is 0 Å². The van der Waals surface area contributed by atoms with E-state index in [-0.39, 0.29) is 5.69 Å². The zero-order valence-corrected chi connectivity index (χ0v) is 5.54. The molecule has 0 atom stereocenters. The lowest BCUT2D eigenvalue weighted by Gasteiger charge is -1.99. The van der Waals surface area contributed by atoms with E-state index in [1.807, 2.05) is 0 Å². The first-order chi connectivity index (χ1) is 5.24. The molecule has 0 amide bonds. The van der Waals surface area contributed by atoms with Crippen molar-refractivity contribution >= 4 is 0 Å². The lowest BCUT2D eigenvalue weighted by molar-refractivity contribution is 0.121. The third-order valence-corrected chi connectivity index (χ3v) is 1.14. The van der Waals surface area contributed by atoms with Crippen molar-refractivity contribution in [3.8, 4) is 6.07 Å². The molecule has 0 bridgehead atoms. The Balaban J connectivity index is 2.79. The van der Waals surface area contributed by atoms with Crippen LogP contribution in [0.25, 0.3) is 0 Å². The summed E-state index contributed by atoms with van der Waals surface area (Å²) in [5, 5.41) is 11.9. The molecule has 0 N–H and O–H groups in total. The molecule has 0 fully saturated rings. The molecule has 0 saturated carbocycles. The van der Waals surface area contributed by atoms with Gasteiger partial charge in [-0.05, 0) is 6.07 Å². The minimum atomic E-state index is -2.47. The predicted molar refractivity (Wildman–Crippen MR) is 32.9 cm³/mol.